The van der Waals surface area contributed by atoms with Gasteiger partial charge in [-0.3, -0.25) is 0 Å². The number of hydrogen-bond donors (Lipinski definition) is 2. The number of nitrogens with one attached hydrogen (secondary N) is 2. The summed E-state index contributed by atoms with van der Waals surface area (Å²) >= 11 is 1.33. The molecule has 0 bridgehead atoms. The summed E-state index contributed by atoms with van der Waals surface area (Å²) in [6, 6.07) is -1.02. The van der Waals surface area contributed by atoms with Crippen molar-refractivity contribution in [1.29, 1.82) is 0 Å². The van der Waals surface area contributed by atoms with E-state index in [9.17, 15) is 18.0 Å². The lowest BCUT2D eigenvalue weighted by Crippen LogP contribution is -2.38. The Hall–Kier alpha value is -1.64. The number of alkyl halides is 3. The molecule has 16 heavy (non-hydrogen) atoms. The SMILES string of the molecule is O=C(NCC(F)(F)F)NN=Cc1cscn1. The number of halogens is 3. The highest BCUT2D eigenvalue weighted by Crippen LogP contribution is 2.11. The summed E-state index contributed by atoms with van der Waals surface area (Å²) in [5.74, 6) is 0. The molecule has 0 saturated heterocycles. The average Bonchev–Trinajstić information content (AvgIpc) is 2.66. The van der Waals surface area contributed by atoms with Gasteiger partial charge in [-0.1, -0.05) is 0 Å². The number of hydrogen-bond acceptors (Lipinski definition) is 4. The topological polar surface area (TPSA) is 66.4 Å². The van der Waals surface area contributed by atoms with E-state index in [2.05, 4.69) is 10.1 Å². The van der Waals surface area contributed by atoms with Crippen LogP contribution in [0.5, 0.6) is 0 Å². The molecule has 0 aliphatic carbocycles. The zero-order chi connectivity index (χ0) is 12.0. The van der Waals surface area contributed by atoms with Crippen LogP contribution < -0.4 is 10.7 Å². The Bertz CT molecular complexity index is 362. The Balaban J connectivity index is 2.25. The molecule has 0 fully saturated rings. The Morgan fingerprint density at radius 1 is 1.62 bits per heavy atom. The molecule has 2 amide bonds. The maximum Gasteiger partial charge on any atom is 0.405 e. The summed E-state index contributed by atoms with van der Waals surface area (Å²) in [7, 11) is 0. The van der Waals surface area contributed by atoms with Crippen LogP contribution in [-0.4, -0.2) is 30.0 Å². The van der Waals surface area contributed by atoms with Crippen molar-refractivity contribution < 1.29 is 18.0 Å². The third-order valence-electron chi connectivity index (χ3n) is 1.26. The number of rotatable bonds is 3. The number of thiazole rings is 1. The molecule has 2 N–H and O–H groups in total. The predicted octanol–water partition coefficient (Wildman–Crippen LogP) is 1.34. The second kappa shape index (κ2) is 5.45. The lowest BCUT2D eigenvalue weighted by Gasteiger charge is -2.06. The van der Waals surface area contributed by atoms with E-state index in [1.807, 2.05) is 5.43 Å². The van der Waals surface area contributed by atoms with Crippen LogP contribution in [0.15, 0.2) is 16.0 Å². The fourth-order valence-electron chi connectivity index (χ4n) is 0.663. The summed E-state index contributed by atoms with van der Waals surface area (Å²) in [5, 5.41) is 6.67. The molecule has 5 nitrogen and oxygen atoms in total. The number of aromatic nitrogens is 1. The number of hydrazone groups is 1. The molecule has 0 aliphatic heterocycles. The fraction of sp³-hybridized carbons (Fsp3) is 0.286. The van der Waals surface area contributed by atoms with E-state index < -0.39 is 18.8 Å². The van der Waals surface area contributed by atoms with Crippen LogP contribution in [0, 0.1) is 0 Å². The van der Waals surface area contributed by atoms with Gasteiger partial charge < -0.3 is 5.32 Å². The molecule has 0 unspecified atom stereocenters. The molecular formula is C7H7F3N4OS. The van der Waals surface area contributed by atoms with E-state index in [1.165, 1.54) is 17.6 Å². The van der Waals surface area contributed by atoms with Crippen molar-refractivity contribution in [3.05, 3.63) is 16.6 Å². The quantitative estimate of drug-likeness (QED) is 0.629. The van der Waals surface area contributed by atoms with Crippen LogP contribution in [0.25, 0.3) is 0 Å². The van der Waals surface area contributed by atoms with Crippen molar-refractivity contribution in [1.82, 2.24) is 15.7 Å². The average molecular weight is 252 g/mol. The van der Waals surface area contributed by atoms with E-state index in [0.29, 0.717) is 5.69 Å². The minimum absolute atomic E-state index is 0.515. The molecule has 0 saturated carbocycles. The van der Waals surface area contributed by atoms with Gasteiger partial charge in [-0.25, -0.2) is 15.2 Å². The summed E-state index contributed by atoms with van der Waals surface area (Å²) in [5.41, 5.74) is 3.95. The number of carbonyl (C=O) groups excluding carboxylic acids is 1. The lowest BCUT2D eigenvalue weighted by atomic mass is 10.6. The highest BCUT2D eigenvalue weighted by molar-refractivity contribution is 7.07. The van der Waals surface area contributed by atoms with Crippen molar-refractivity contribution in [2.24, 2.45) is 5.10 Å². The van der Waals surface area contributed by atoms with Crippen molar-refractivity contribution in [2.45, 2.75) is 6.18 Å². The third kappa shape index (κ3) is 5.29. The van der Waals surface area contributed by atoms with Gasteiger partial charge >= 0.3 is 12.2 Å². The number of carbonyl (C=O) groups is 1. The van der Waals surface area contributed by atoms with E-state index in [4.69, 9.17) is 0 Å². The van der Waals surface area contributed by atoms with Gasteiger partial charge in [0, 0.05) is 5.38 Å². The highest BCUT2D eigenvalue weighted by Gasteiger charge is 2.27. The van der Waals surface area contributed by atoms with Crippen LogP contribution in [0.2, 0.25) is 0 Å². The van der Waals surface area contributed by atoms with E-state index >= 15 is 0 Å². The largest absolute Gasteiger partial charge is 0.405 e. The van der Waals surface area contributed by atoms with Crippen LogP contribution in [0.4, 0.5) is 18.0 Å². The predicted molar refractivity (Wildman–Crippen MR) is 52.3 cm³/mol. The normalized spacial score (nSPS) is 11.7. The molecule has 1 rings (SSSR count). The van der Waals surface area contributed by atoms with E-state index in [0.717, 1.165) is 0 Å². The Morgan fingerprint density at radius 2 is 2.38 bits per heavy atom. The van der Waals surface area contributed by atoms with Crippen molar-refractivity contribution in [3.8, 4) is 0 Å². The van der Waals surface area contributed by atoms with Crippen LogP contribution in [-0.2, 0) is 0 Å². The van der Waals surface area contributed by atoms with Gasteiger partial charge in [0.25, 0.3) is 0 Å². The van der Waals surface area contributed by atoms with Crippen molar-refractivity contribution in [3.63, 3.8) is 0 Å². The first-order chi connectivity index (χ1) is 7.47. The lowest BCUT2D eigenvalue weighted by molar-refractivity contribution is -0.122. The molecule has 1 aromatic heterocycles. The summed E-state index contributed by atoms with van der Waals surface area (Å²) in [6.45, 7) is -1.40. The first kappa shape index (κ1) is 12.4. The van der Waals surface area contributed by atoms with Crippen molar-refractivity contribution in [2.75, 3.05) is 6.54 Å². The van der Waals surface area contributed by atoms with Gasteiger partial charge in [0.05, 0.1) is 17.4 Å². The van der Waals surface area contributed by atoms with Crippen LogP contribution in [0.3, 0.4) is 0 Å². The van der Waals surface area contributed by atoms with Gasteiger partial charge in [-0.2, -0.15) is 18.3 Å². The third-order valence-corrected chi connectivity index (χ3v) is 1.87. The molecule has 9 heteroatoms. The Morgan fingerprint density at radius 3 is 2.94 bits per heavy atom. The second-order valence-corrected chi connectivity index (χ2v) is 3.30. The molecule has 0 atom stereocenters. The second-order valence-electron chi connectivity index (χ2n) is 2.58. The molecule has 0 radical (unpaired) electrons. The minimum atomic E-state index is -4.43. The van der Waals surface area contributed by atoms with Gasteiger partial charge in [0.1, 0.15) is 6.54 Å². The van der Waals surface area contributed by atoms with Gasteiger partial charge in [0.15, 0.2) is 0 Å². The van der Waals surface area contributed by atoms with Crippen molar-refractivity contribution >= 4 is 23.6 Å². The Labute approximate surface area is 92.4 Å². The smallest absolute Gasteiger partial charge is 0.328 e. The first-order valence-corrected chi connectivity index (χ1v) is 4.93. The van der Waals surface area contributed by atoms with Crippen LogP contribution in [0.1, 0.15) is 5.69 Å². The maximum absolute atomic E-state index is 11.7. The molecule has 0 aromatic carbocycles. The maximum atomic E-state index is 11.7. The van der Waals surface area contributed by atoms with E-state index in [-0.39, 0.29) is 0 Å². The number of urea groups is 1. The summed E-state index contributed by atoms with van der Waals surface area (Å²) in [4.78, 5) is 14.6. The van der Waals surface area contributed by atoms with Crippen LogP contribution >= 0.6 is 11.3 Å². The molecule has 0 spiro atoms. The summed E-state index contributed by atoms with van der Waals surface area (Å²) in [6.07, 6.45) is -3.21. The zero-order valence-corrected chi connectivity index (χ0v) is 8.60. The molecule has 1 heterocycles. The molecule has 1 aromatic rings. The number of amides is 2. The first-order valence-electron chi connectivity index (χ1n) is 3.99. The minimum Gasteiger partial charge on any atom is -0.328 e. The monoisotopic (exact) mass is 252 g/mol. The molecular weight excluding hydrogens is 245 g/mol. The van der Waals surface area contributed by atoms with Gasteiger partial charge in [-0.15, -0.1) is 11.3 Å². The van der Waals surface area contributed by atoms with Gasteiger partial charge in [-0.05, 0) is 0 Å². The van der Waals surface area contributed by atoms with E-state index in [1.54, 1.807) is 16.2 Å². The standard InChI is InChI=1S/C7H7F3N4OS/c8-7(9,10)3-11-6(15)14-13-1-5-2-16-4-12-5/h1-2,4H,3H2,(H2,11,14,15). The molecule has 88 valence electrons. The molecule has 0 aliphatic rings. The van der Waals surface area contributed by atoms with Gasteiger partial charge in [0.2, 0.25) is 0 Å². The Kier molecular flexibility index (Phi) is 4.23. The highest BCUT2D eigenvalue weighted by atomic mass is 32.1. The zero-order valence-electron chi connectivity index (χ0n) is 7.78. The fourth-order valence-corrected chi connectivity index (χ4v) is 1.17. The summed E-state index contributed by atoms with van der Waals surface area (Å²) < 4.78 is 35.0. The number of nitrogens with zero attached hydrogens (tertiary/aromatic N) is 2.